The van der Waals surface area contributed by atoms with E-state index in [1.165, 1.54) is 45.1 Å². The zero-order chi connectivity index (χ0) is 16.4. The maximum atomic E-state index is 5.54. The van der Waals surface area contributed by atoms with E-state index in [2.05, 4.69) is 26.7 Å². The molecule has 0 radical (unpaired) electrons. The van der Waals surface area contributed by atoms with Crippen LogP contribution in [0.2, 0.25) is 0 Å². The highest BCUT2D eigenvalue weighted by molar-refractivity contribution is 7.99. The van der Waals surface area contributed by atoms with Gasteiger partial charge in [-0.15, -0.1) is 10.2 Å². The van der Waals surface area contributed by atoms with Gasteiger partial charge in [-0.05, 0) is 57.8 Å². The average molecular weight is 347 g/mol. The zero-order valence-electron chi connectivity index (χ0n) is 14.4. The molecule has 2 fully saturated rings. The lowest BCUT2D eigenvalue weighted by Crippen LogP contribution is -2.36. The number of likely N-dealkylation sites (tertiary alicyclic amines) is 1. The van der Waals surface area contributed by atoms with Crippen molar-refractivity contribution in [1.82, 2.24) is 19.7 Å². The topological polar surface area (TPSA) is 47.1 Å². The fourth-order valence-electron chi connectivity index (χ4n) is 3.55. The fourth-order valence-corrected chi connectivity index (χ4v) is 4.54. The molecule has 0 unspecified atom stereocenters. The van der Waals surface area contributed by atoms with Crippen molar-refractivity contribution in [3.63, 3.8) is 0 Å². The van der Waals surface area contributed by atoms with Crippen molar-refractivity contribution in [2.45, 2.75) is 62.2 Å². The summed E-state index contributed by atoms with van der Waals surface area (Å²) >= 11 is 1.85. The Morgan fingerprint density at radius 1 is 1.25 bits per heavy atom. The molecule has 24 heavy (non-hydrogen) atoms. The normalized spacial score (nSPS) is 22.1. The largest absolute Gasteiger partial charge is 0.467 e. The Hall–Kier alpha value is -1.27. The molecule has 3 heterocycles. The van der Waals surface area contributed by atoms with Crippen molar-refractivity contribution in [3.05, 3.63) is 30.0 Å². The SMILES string of the molecule is CN1CCCC[C@@H]1CCSc1nnc(C2CC2)n1Cc1ccco1. The van der Waals surface area contributed by atoms with Crippen LogP contribution in [0.15, 0.2) is 28.0 Å². The van der Waals surface area contributed by atoms with Gasteiger partial charge >= 0.3 is 0 Å². The van der Waals surface area contributed by atoms with Crippen LogP contribution in [0.25, 0.3) is 0 Å². The Bertz CT molecular complexity index is 650. The molecule has 1 saturated carbocycles. The van der Waals surface area contributed by atoms with Gasteiger partial charge in [0.15, 0.2) is 5.16 Å². The fraction of sp³-hybridized carbons (Fsp3) is 0.667. The third-order valence-corrected chi connectivity index (χ3v) is 6.19. The van der Waals surface area contributed by atoms with Crippen LogP contribution in [-0.2, 0) is 6.54 Å². The Kier molecular flexibility index (Phi) is 4.94. The van der Waals surface area contributed by atoms with Crippen molar-refractivity contribution in [1.29, 1.82) is 0 Å². The molecule has 1 atom stereocenters. The van der Waals surface area contributed by atoms with Gasteiger partial charge in [0.1, 0.15) is 11.6 Å². The Morgan fingerprint density at radius 2 is 2.17 bits per heavy atom. The van der Waals surface area contributed by atoms with E-state index in [0.717, 1.165) is 35.1 Å². The first-order valence-electron chi connectivity index (χ1n) is 9.10. The van der Waals surface area contributed by atoms with E-state index in [9.17, 15) is 0 Å². The quantitative estimate of drug-likeness (QED) is 0.714. The van der Waals surface area contributed by atoms with Gasteiger partial charge < -0.3 is 9.32 Å². The lowest BCUT2D eigenvalue weighted by Gasteiger charge is -2.32. The van der Waals surface area contributed by atoms with Gasteiger partial charge in [-0.2, -0.15) is 0 Å². The second kappa shape index (κ2) is 7.31. The maximum absolute atomic E-state index is 5.54. The monoisotopic (exact) mass is 346 g/mol. The minimum Gasteiger partial charge on any atom is -0.467 e. The third kappa shape index (κ3) is 3.70. The summed E-state index contributed by atoms with van der Waals surface area (Å²) in [4.78, 5) is 2.52. The van der Waals surface area contributed by atoms with Crippen molar-refractivity contribution in [2.75, 3.05) is 19.3 Å². The Balaban J connectivity index is 1.40. The summed E-state index contributed by atoms with van der Waals surface area (Å²) in [5.41, 5.74) is 0. The highest BCUT2D eigenvalue weighted by Gasteiger charge is 2.30. The first kappa shape index (κ1) is 16.2. The predicted molar refractivity (Wildman–Crippen MR) is 95.4 cm³/mol. The van der Waals surface area contributed by atoms with Crippen molar-refractivity contribution in [2.24, 2.45) is 0 Å². The van der Waals surface area contributed by atoms with E-state index in [-0.39, 0.29) is 0 Å². The van der Waals surface area contributed by atoms with Crippen LogP contribution >= 0.6 is 11.8 Å². The molecule has 1 aliphatic carbocycles. The molecule has 5 nitrogen and oxygen atoms in total. The minimum absolute atomic E-state index is 0.603. The van der Waals surface area contributed by atoms with Gasteiger partial charge in [-0.25, -0.2) is 0 Å². The number of aromatic nitrogens is 3. The number of furan rings is 1. The number of hydrogen-bond acceptors (Lipinski definition) is 5. The van der Waals surface area contributed by atoms with Crippen LogP contribution in [0.1, 0.15) is 56.0 Å². The zero-order valence-corrected chi connectivity index (χ0v) is 15.2. The van der Waals surface area contributed by atoms with Crippen LogP contribution in [0.3, 0.4) is 0 Å². The summed E-state index contributed by atoms with van der Waals surface area (Å²) < 4.78 is 7.81. The molecule has 4 rings (SSSR count). The first-order valence-corrected chi connectivity index (χ1v) is 10.1. The van der Waals surface area contributed by atoms with Crippen LogP contribution in [0.4, 0.5) is 0 Å². The molecule has 2 aromatic rings. The van der Waals surface area contributed by atoms with Crippen molar-refractivity contribution >= 4 is 11.8 Å². The van der Waals surface area contributed by atoms with Crippen molar-refractivity contribution in [3.8, 4) is 0 Å². The van der Waals surface area contributed by atoms with Gasteiger partial charge in [0.25, 0.3) is 0 Å². The molecule has 0 aromatic carbocycles. The minimum atomic E-state index is 0.603. The van der Waals surface area contributed by atoms with Crippen LogP contribution in [-0.4, -0.2) is 45.1 Å². The van der Waals surface area contributed by atoms with Gasteiger partial charge in [0.05, 0.1) is 12.8 Å². The molecule has 2 aliphatic rings. The molecule has 0 spiro atoms. The van der Waals surface area contributed by atoms with Crippen molar-refractivity contribution < 1.29 is 4.42 Å². The standard InChI is InChI=1S/C18H26N4OS/c1-21-10-3-2-5-15(21)9-12-24-18-20-19-17(14-7-8-14)22(18)13-16-6-4-11-23-16/h4,6,11,14-15H,2-3,5,7-10,12-13H2,1H3/t15-/m1/s1. The molecule has 0 amide bonds. The summed E-state index contributed by atoms with van der Waals surface area (Å²) in [6.45, 7) is 1.99. The third-order valence-electron chi connectivity index (χ3n) is 5.19. The molecular weight excluding hydrogens is 320 g/mol. The number of piperidine rings is 1. The maximum Gasteiger partial charge on any atom is 0.191 e. The highest BCUT2D eigenvalue weighted by Crippen LogP contribution is 2.40. The summed E-state index contributed by atoms with van der Waals surface area (Å²) in [5, 5.41) is 10.0. The molecule has 6 heteroatoms. The summed E-state index contributed by atoms with van der Waals surface area (Å²) in [7, 11) is 2.26. The van der Waals surface area contributed by atoms with E-state index in [1.54, 1.807) is 6.26 Å². The van der Waals surface area contributed by atoms with E-state index < -0.39 is 0 Å². The lowest BCUT2D eigenvalue weighted by atomic mass is 10.0. The van der Waals surface area contributed by atoms with Gasteiger partial charge in [-0.3, -0.25) is 4.57 Å². The number of nitrogens with zero attached hydrogens (tertiary/aromatic N) is 4. The second-order valence-corrected chi connectivity index (χ2v) is 8.11. The molecule has 0 bridgehead atoms. The summed E-state index contributed by atoms with van der Waals surface area (Å²) in [6.07, 6.45) is 9.52. The highest BCUT2D eigenvalue weighted by atomic mass is 32.2. The molecule has 0 N–H and O–H groups in total. The first-order chi connectivity index (χ1) is 11.8. The van der Waals surface area contributed by atoms with Gasteiger partial charge in [0, 0.05) is 17.7 Å². The van der Waals surface area contributed by atoms with Crippen LogP contribution in [0.5, 0.6) is 0 Å². The van der Waals surface area contributed by atoms with E-state index >= 15 is 0 Å². The molecule has 2 aromatic heterocycles. The van der Waals surface area contributed by atoms with Gasteiger partial charge in [0.2, 0.25) is 0 Å². The summed E-state index contributed by atoms with van der Waals surface area (Å²) in [5.74, 6) is 3.83. The molecular formula is C18H26N4OS. The van der Waals surface area contributed by atoms with Crippen LogP contribution in [0, 0.1) is 0 Å². The molecule has 1 aliphatic heterocycles. The summed E-state index contributed by atoms with van der Waals surface area (Å²) in [6, 6.07) is 4.71. The van der Waals surface area contributed by atoms with Crippen LogP contribution < -0.4 is 0 Å². The van der Waals surface area contributed by atoms with E-state index in [1.807, 2.05) is 23.9 Å². The average Bonchev–Trinajstić information content (AvgIpc) is 3.15. The molecule has 1 saturated heterocycles. The molecule has 130 valence electrons. The number of rotatable bonds is 7. The van der Waals surface area contributed by atoms with Gasteiger partial charge in [-0.1, -0.05) is 18.2 Å². The van der Waals surface area contributed by atoms with E-state index in [0.29, 0.717) is 5.92 Å². The second-order valence-electron chi connectivity index (χ2n) is 7.05. The van der Waals surface area contributed by atoms with E-state index in [4.69, 9.17) is 4.42 Å². The lowest BCUT2D eigenvalue weighted by molar-refractivity contribution is 0.182. The Morgan fingerprint density at radius 3 is 2.92 bits per heavy atom. The number of hydrogen-bond donors (Lipinski definition) is 0. The Labute approximate surface area is 147 Å². The number of thioether (sulfide) groups is 1. The smallest absolute Gasteiger partial charge is 0.191 e. The predicted octanol–water partition coefficient (Wildman–Crippen LogP) is 3.76.